The van der Waals surface area contributed by atoms with Gasteiger partial charge in [0.05, 0.1) is 19.8 Å². The molecule has 0 aliphatic carbocycles. The van der Waals surface area contributed by atoms with Crippen LogP contribution in [0, 0.1) is 11.6 Å². The summed E-state index contributed by atoms with van der Waals surface area (Å²) in [6, 6.07) is 2.81. The molecule has 11 heteroatoms. The van der Waals surface area contributed by atoms with Crippen molar-refractivity contribution in [3.05, 3.63) is 63.1 Å². The van der Waals surface area contributed by atoms with Crippen molar-refractivity contribution in [2.24, 2.45) is 0 Å². The number of rotatable bonds is 9. The van der Waals surface area contributed by atoms with Gasteiger partial charge in [-0.1, -0.05) is 6.07 Å². The van der Waals surface area contributed by atoms with Crippen LogP contribution in [0.25, 0.3) is 0 Å². The average molecular weight is 440 g/mol. The lowest BCUT2D eigenvalue weighted by atomic mass is 10.1. The lowest BCUT2D eigenvalue weighted by molar-refractivity contribution is -0.0519. The highest BCUT2D eigenvalue weighted by atomic mass is 19.1. The molecule has 0 fully saturated rings. The number of carbonyl (C=O) groups is 2. The molecule has 168 valence electrons. The number of esters is 1. The predicted molar refractivity (Wildman–Crippen MR) is 104 cm³/mol. The molecule has 0 radical (unpaired) electrons. The van der Waals surface area contributed by atoms with Crippen LogP contribution in [0.5, 0.6) is 5.75 Å². The largest absolute Gasteiger partial charge is 0.488 e. The van der Waals surface area contributed by atoms with Crippen molar-refractivity contribution in [1.82, 2.24) is 9.88 Å². The number of aliphatic hydroxyl groups is 2. The Bertz CT molecular complexity index is 1020. The normalized spacial score (nSPS) is 10.8. The summed E-state index contributed by atoms with van der Waals surface area (Å²) in [7, 11) is 0. The molecule has 1 heterocycles. The first-order valence-corrected chi connectivity index (χ1v) is 9.35. The third-order valence-electron chi connectivity index (χ3n) is 4.05. The predicted octanol–water partition coefficient (Wildman–Crippen LogP) is 0.943. The zero-order valence-corrected chi connectivity index (χ0v) is 16.9. The Morgan fingerprint density at radius 1 is 1.19 bits per heavy atom. The van der Waals surface area contributed by atoms with Gasteiger partial charge in [0.1, 0.15) is 17.2 Å². The Kier molecular flexibility index (Phi) is 8.22. The summed E-state index contributed by atoms with van der Waals surface area (Å²) in [4.78, 5) is 37.8. The number of aromatic nitrogens is 1. The van der Waals surface area contributed by atoms with Gasteiger partial charge in [-0.25, -0.2) is 13.6 Å². The second-order valence-electron chi connectivity index (χ2n) is 6.25. The summed E-state index contributed by atoms with van der Waals surface area (Å²) >= 11 is 0. The maximum absolute atomic E-state index is 13.8. The Hall–Kier alpha value is -3.31. The molecule has 9 nitrogen and oxygen atoms in total. The second kappa shape index (κ2) is 10.6. The number of hydrogen-bond donors (Lipinski definition) is 3. The molecule has 0 saturated heterocycles. The molecule has 3 N–H and O–H groups in total. The van der Waals surface area contributed by atoms with E-state index in [0.29, 0.717) is 6.07 Å². The van der Waals surface area contributed by atoms with Gasteiger partial charge in [-0.15, -0.1) is 0 Å². The number of pyridine rings is 1. The number of benzene rings is 1. The highest BCUT2D eigenvalue weighted by molar-refractivity contribution is 5.96. The maximum Gasteiger partial charge on any atom is 0.359 e. The van der Waals surface area contributed by atoms with Crippen molar-refractivity contribution in [2.75, 3.05) is 13.2 Å². The van der Waals surface area contributed by atoms with Crippen LogP contribution in [0.1, 0.15) is 40.3 Å². The Morgan fingerprint density at radius 2 is 1.90 bits per heavy atom. The van der Waals surface area contributed by atoms with E-state index in [9.17, 15) is 33.4 Å². The molecule has 2 rings (SSSR count). The van der Waals surface area contributed by atoms with Gasteiger partial charge in [0.25, 0.3) is 5.91 Å². The monoisotopic (exact) mass is 440 g/mol. The van der Waals surface area contributed by atoms with E-state index < -0.39 is 53.1 Å². The standard InChI is InChI=1S/C20H22F2N2O7/c1-3-30-18-16(20(29)31-4-2)24(10-15(25)26)9-13(17(18)27)19(28)23-8-11-5-6-12(21)7-14(11)22/h5-7,9,15,25-26H,3-4,8,10H2,1-2H3,(H,23,28). The summed E-state index contributed by atoms with van der Waals surface area (Å²) in [5, 5.41) is 21.0. The Balaban J connectivity index is 2.48. The summed E-state index contributed by atoms with van der Waals surface area (Å²) in [6.07, 6.45) is -0.971. The first kappa shape index (κ1) is 24.0. The lowest BCUT2D eigenvalue weighted by Gasteiger charge is -2.18. The van der Waals surface area contributed by atoms with E-state index >= 15 is 0 Å². The fourth-order valence-corrected chi connectivity index (χ4v) is 2.74. The van der Waals surface area contributed by atoms with Crippen molar-refractivity contribution in [2.45, 2.75) is 33.2 Å². The smallest absolute Gasteiger partial charge is 0.359 e. The number of aliphatic hydroxyl groups excluding tert-OH is 1. The van der Waals surface area contributed by atoms with Crippen LogP contribution < -0.4 is 15.5 Å². The first-order chi connectivity index (χ1) is 14.7. The van der Waals surface area contributed by atoms with E-state index in [0.717, 1.165) is 22.9 Å². The topological polar surface area (TPSA) is 127 Å². The number of hydrogen-bond acceptors (Lipinski definition) is 7. The van der Waals surface area contributed by atoms with Crippen LogP contribution in [0.4, 0.5) is 8.78 Å². The van der Waals surface area contributed by atoms with Crippen LogP contribution in [0.3, 0.4) is 0 Å². The minimum Gasteiger partial charge on any atom is -0.488 e. The van der Waals surface area contributed by atoms with Gasteiger partial charge in [0.15, 0.2) is 17.7 Å². The molecule has 0 unspecified atom stereocenters. The number of amides is 1. The maximum atomic E-state index is 13.8. The molecular formula is C20H22F2N2O7. The number of ether oxygens (including phenoxy) is 2. The fraction of sp³-hybridized carbons (Fsp3) is 0.350. The van der Waals surface area contributed by atoms with E-state index in [1.54, 1.807) is 6.92 Å². The zero-order valence-electron chi connectivity index (χ0n) is 16.9. The van der Waals surface area contributed by atoms with E-state index in [-0.39, 0.29) is 31.0 Å². The van der Waals surface area contributed by atoms with Gasteiger partial charge < -0.3 is 29.6 Å². The van der Waals surface area contributed by atoms with Crippen molar-refractivity contribution in [3.63, 3.8) is 0 Å². The van der Waals surface area contributed by atoms with Gasteiger partial charge in [-0.3, -0.25) is 9.59 Å². The quantitative estimate of drug-likeness (QED) is 0.391. The van der Waals surface area contributed by atoms with Gasteiger partial charge in [-0.05, 0) is 19.9 Å². The molecule has 1 amide bonds. The van der Waals surface area contributed by atoms with Gasteiger partial charge in [-0.2, -0.15) is 0 Å². The van der Waals surface area contributed by atoms with Gasteiger partial charge in [0, 0.05) is 24.4 Å². The summed E-state index contributed by atoms with van der Waals surface area (Å²) in [5.74, 6) is -4.06. The summed E-state index contributed by atoms with van der Waals surface area (Å²) < 4.78 is 37.9. The molecule has 1 aromatic heterocycles. The molecule has 0 spiro atoms. The van der Waals surface area contributed by atoms with Crippen LogP contribution >= 0.6 is 0 Å². The SMILES string of the molecule is CCOC(=O)c1c(OCC)c(=O)c(C(=O)NCc2ccc(F)cc2F)cn1CC(O)O. The van der Waals surface area contributed by atoms with Crippen molar-refractivity contribution < 1.29 is 38.1 Å². The van der Waals surface area contributed by atoms with Crippen LogP contribution in [-0.4, -0.2) is 46.2 Å². The number of carbonyl (C=O) groups excluding carboxylic acids is 2. The molecule has 1 aromatic carbocycles. The molecule has 0 atom stereocenters. The van der Waals surface area contributed by atoms with Crippen molar-refractivity contribution >= 4 is 11.9 Å². The zero-order chi connectivity index (χ0) is 23.1. The third kappa shape index (κ3) is 5.86. The minimum absolute atomic E-state index is 0.0194. The molecule has 2 aromatic rings. The van der Waals surface area contributed by atoms with Crippen LogP contribution in [-0.2, 0) is 17.8 Å². The molecule has 31 heavy (non-hydrogen) atoms. The molecule has 0 aliphatic heterocycles. The highest BCUT2D eigenvalue weighted by Crippen LogP contribution is 2.18. The van der Waals surface area contributed by atoms with E-state index in [1.807, 2.05) is 0 Å². The van der Waals surface area contributed by atoms with Crippen LogP contribution in [0.2, 0.25) is 0 Å². The Labute approximate surface area is 175 Å². The van der Waals surface area contributed by atoms with Crippen LogP contribution in [0.15, 0.2) is 29.2 Å². The van der Waals surface area contributed by atoms with E-state index in [1.165, 1.54) is 6.92 Å². The average Bonchev–Trinajstić information content (AvgIpc) is 2.69. The number of halogens is 2. The number of nitrogens with zero attached hydrogens (tertiary/aromatic N) is 1. The summed E-state index contributed by atoms with van der Waals surface area (Å²) in [5.41, 5.74) is -1.83. The molecule has 0 bridgehead atoms. The van der Waals surface area contributed by atoms with E-state index in [4.69, 9.17) is 9.47 Å². The molecule has 0 aliphatic rings. The van der Waals surface area contributed by atoms with Crippen molar-refractivity contribution in [1.29, 1.82) is 0 Å². The summed E-state index contributed by atoms with van der Waals surface area (Å²) in [6.45, 7) is 2.11. The second-order valence-corrected chi connectivity index (χ2v) is 6.25. The number of nitrogens with one attached hydrogen (secondary N) is 1. The van der Waals surface area contributed by atoms with Crippen molar-refractivity contribution in [3.8, 4) is 5.75 Å². The fourth-order valence-electron chi connectivity index (χ4n) is 2.74. The van der Waals surface area contributed by atoms with Gasteiger partial charge >= 0.3 is 5.97 Å². The first-order valence-electron chi connectivity index (χ1n) is 9.35. The lowest BCUT2D eigenvalue weighted by Crippen LogP contribution is -2.33. The molecule has 0 saturated carbocycles. The van der Waals surface area contributed by atoms with Gasteiger partial charge in [0.2, 0.25) is 5.43 Å². The van der Waals surface area contributed by atoms with E-state index in [2.05, 4.69) is 5.32 Å². The Morgan fingerprint density at radius 3 is 2.48 bits per heavy atom. The molecular weight excluding hydrogens is 418 g/mol. The third-order valence-corrected chi connectivity index (χ3v) is 4.05. The minimum atomic E-state index is -1.92. The highest BCUT2D eigenvalue weighted by Gasteiger charge is 2.27.